The van der Waals surface area contributed by atoms with Crippen LogP contribution in [0.2, 0.25) is 0 Å². The van der Waals surface area contributed by atoms with E-state index in [0.717, 1.165) is 36.4 Å². The fraction of sp³-hybridized carbons (Fsp3) is 0.132. The second kappa shape index (κ2) is 23.3. The number of carboxylic acids is 1. The predicted molar refractivity (Wildman–Crippen MR) is 246 cm³/mol. The number of anilines is 1. The third kappa shape index (κ3) is 16.0. The predicted octanol–water partition coefficient (Wildman–Crippen LogP) is 1.31. The number of benzene rings is 5. The molecule has 0 aromatic heterocycles. The molecule has 1 aliphatic heterocycles. The van der Waals surface area contributed by atoms with Gasteiger partial charge in [0.2, 0.25) is 0 Å². The summed E-state index contributed by atoms with van der Waals surface area (Å²) in [6.45, 7) is -2.87. The summed E-state index contributed by atoms with van der Waals surface area (Å²) in [7, 11) is -31.4. The number of fused-ring (bicyclic) bond motifs is 2. The second-order valence-corrected chi connectivity index (χ2v) is 22.2. The SMILES string of the molecule is O=C(O)CN(CCS(=O)(=O)O)C(=O)c1ccccc1-c1c2ccc(=NCc3ccc(S(=O)(=O)O)cc3)c(S(=O)(=O)O)c-2oc2c(S(=O)(=O)O)c(NCc3ccccc3S(=O)(=O)O)ccc12.O=S(=O)=O.O=S(=O)=O. The molecular formula is C38H33N3O25S7. The van der Waals surface area contributed by atoms with Gasteiger partial charge in [0.05, 0.1) is 33.1 Å². The molecule has 4 aromatic carbocycles. The summed E-state index contributed by atoms with van der Waals surface area (Å²) in [5.74, 6) is -4.68. The van der Waals surface area contributed by atoms with Crippen molar-refractivity contribution in [1.82, 2.24) is 4.90 Å². The van der Waals surface area contributed by atoms with E-state index in [-0.39, 0.29) is 33.2 Å². The number of hydrogen-bond donors (Lipinski definition) is 7. The Morgan fingerprint density at radius 3 is 1.73 bits per heavy atom. The molecule has 0 bridgehead atoms. The van der Waals surface area contributed by atoms with Crippen molar-refractivity contribution in [2.24, 2.45) is 4.99 Å². The van der Waals surface area contributed by atoms with Gasteiger partial charge in [-0.2, -0.15) is 42.1 Å². The molecule has 0 saturated heterocycles. The molecule has 0 spiro atoms. The normalized spacial score (nSPS) is 12.2. The highest BCUT2D eigenvalue weighted by Crippen LogP contribution is 2.46. The summed E-state index contributed by atoms with van der Waals surface area (Å²) in [4.78, 5) is 27.6. The average Bonchev–Trinajstić information content (AvgIpc) is 3.25. The number of nitrogens with one attached hydrogen (secondary N) is 1. The zero-order chi connectivity index (χ0) is 55.0. The Bertz CT molecular complexity index is 3980. The largest absolute Gasteiger partial charge is 0.480 e. The first-order chi connectivity index (χ1) is 33.6. The molecule has 7 N–H and O–H groups in total. The number of rotatable bonds is 16. The first-order valence-electron chi connectivity index (χ1n) is 19.1. The highest BCUT2D eigenvalue weighted by atomic mass is 32.2. The molecule has 6 rings (SSSR count). The van der Waals surface area contributed by atoms with E-state index in [1.54, 1.807) is 0 Å². The van der Waals surface area contributed by atoms with Crippen molar-refractivity contribution in [3.63, 3.8) is 0 Å². The molecule has 73 heavy (non-hydrogen) atoms. The lowest BCUT2D eigenvalue weighted by Gasteiger charge is -2.24. The van der Waals surface area contributed by atoms with Gasteiger partial charge in [0, 0.05) is 35.2 Å². The standard InChI is InChI=1S/C38H33N3O19S5.2O3S/c42-32(43)21-41(17-18-61(45,46)47)38(44)26-7-3-2-6-25(26)33-27-13-15-29(39-19-22-9-11-24(12-10-22)62(48,49)50)36(64(54,55)56)34(27)60-35-28(33)14-16-30(37(35)65(57,58)59)40-20-23-5-1-4-8-31(23)63(51,52)53;2*1-4(2)3/h1-16,40H,17-21H2,(H,42,43)(H,45,46,47)(H,48,49,50)(H,51,52,53)(H,54,55,56)(H,57,58,59);;. The highest BCUT2D eigenvalue weighted by Gasteiger charge is 2.33. The van der Waals surface area contributed by atoms with Crippen LogP contribution in [-0.2, 0) is 89.7 Å². The van der Waals surface area contributed by atoms with Crippen LogP contribution in [0.5, 0.6) is 0 Å². The molecule has 35 heteroatoms. The number of amides is 1. The summed E-state index contributed by atoms with van der Waals surface area (Å²) in [6.07, 6.45) is 0. The molecule has 0 radical (unpaired) electrons. The van der Waals surface area contributed by atoms with Gasteiger partial charge in [-0.1, -0.05) is 48.5 Å². The van der Waals surface area contributed by atoms with Gasteiger partial charge in [-0.3, -0.25) is 37.3 Å². The van der Waals surface area contributed by atoms with Gasteiger partial charge < -0.3 is 19.7 Å². The molecule has 4 aromatic rings. The Labute approximate surface area is 415 Å². The minimum atomic E-state index is -5.50. The quantitative estimate of drug-likeness (QED) is 0.0530. The lowest BCUT2D eigenvalue weighted by atomic mass is 9.90. The molecule has 1 aliphatic carbocycles. The topological polar surface area (TPSA) is 469 Å². The number of aliphatic carboxylic acids is 1. The van der Waals surface area contributed by atoms with Crippen LogP contribution in [0.4, 0.5) is 5.69 Å². The molecule has 0 fully saturated rings. The van der Waals surface area contributed by atoms with E-state index in [1.165, 1.54) is 60.7 Å². The fourth-order valence-corrected chi connectivity index (χ4v) is 9.99. The summed E-state index contributed by atoms with van der Waals surface area (Å²) in [5.41, 5.74) is -2.32. The minimum absolute atomic E-state index is 0.0904. The zero-order valence-electron chi connectivity index (χ0n) is 36.0. The van der Waals surface area contributed by atoms with E-state index in [9.17, 15) is 79.5 Å². The van der Waals surface area contributed by atoms with Crippen LogP contribution >= 0.6 is 0 Å². The van der Waals surface area contributed by atoms with Crippen molar-refractivity contribution < 1.29 is 109 Å². The molecule has 392 valence electrons. The van der Waals surface area contributed by atoms with Crippen molar-refractivity contribution >= 4 is 100 Å². The van der Waals surface area contributed by atoms with E-state index in [4.69, 9.17) is 29.7 Å². The summed E-state index contributed by atoms with van der Waals surface area (Å²) < 4.78 is 231. The number of nitrogens with zero attached hydrogens (tertiary/aromatic N) is 2. The minimum Gasteiger partial charge on any atom is -0.480 e. The van der Waals surface area contributed by atoms with Crippen molar-refractivity contribution in [1.29, 1.82) is 0 Å². The van der Waals surface area contributed by atoms with Gasteiger partial charge in [0.25, 0.3) is 56.5 Å². The molecule has 28 nitrogen and oxygen atoms in total. The molecule has 1 heterocycles. The molecular weight excluding hydrogens is 1120 g/mol. The maximum atomic E-state index is 14.2. The first kappa shape index (κ1) is 58.7. The van der Waals surface area contributed by atoms with Crippen molar-refractivity contribution in [3.8, 4) is 22.5 Å². The van der Waals surface area contributed by atoms with Crippen LogP contribution in [0, 0.1) is 0 Å². The first-order valence-corrected chi connectivity index (χ1v) is 28.5. The summed E-state index contributed by atoms with van der Waals surface area (Å²) in [6, 6.07) is 19.2. The lowest BCUT2D eigenvalue weighted by molar-refractivity contribution is -0.137. The van der Waals surface area contributed by atoms with Gasteiger partial charge in [0.15, 0.2) is 21.1 Å². The van der Waals surface area contributed by atoms with Gasteiger partial charge in [-0.15, -0.1) is 25.3 Å². The Kier molecular flexibility index (Phi) is 18.7. The number of carboxylic acid groups (broad SMARTS) is 1. The van der Waals surface area contributed by atoms with Gasteiger partial charge in [-0.25, -0.2) is 0 Å². The monoisotopic (exact) mass is 1150 g/mol. The van der Waals surface area contributed by atoms with Crippen molar-refractivity contribution in [2.45, 2.75) is 32.7 Å². The van der Waals surface area contributed by atoms with Crippen molar-refractivity contribution in [3.05, 3.63) is 119 Å². The second-order valence-electron chi connectivity index (χ2n) is 14.3. The van der Waals surface area contributed by atoms with E-state index in [2.05, 4.69) is 10.3 Å². The maximum Gasteiger partial charge on any atom is 0.425 e. The van der Waals surface area contributed by atoms with Crippen LogP contribution in [0.15, 0.2) is 126 Å². The Hall–Kier alpha value is -6.90. The Morgan fingerprint density at radius 2 is 1.19 bits per heavy atom. The van der Waals surface area contributed by atoms with Gasteiger partial charge >= 0.3 is 27.2 Å². The van der Waals surface area contributed by atoms with Crippen LogP contribution in [-0.4, -0.2) is 131 Å². The third-order valence-corrected chi connectivity index (χ3v) is 13.8. The third-order valence-electron chi connectivity index (χ3n) is 9.49. The summed E-state index contributed by atoms with van der Waals surface area (Å²) >= 11 is 0. The number of carbonyl (C=O) groups excluding carboxylic acids is 1. The molecule has 2 aliphatic rings. The lowest BCUT2D eigenvalue weighted by Crippen LogP contribution is -2.39. The highest BCUT2D eigenvalue weighted by molar-refractivity contribution is 7.87. The Balaban J connectivity index is 0.00000134. The van der Waals surface area contributed by atoms with Crippen LogP contribution in [0.1, 0.15) is 21.5 Å². The van der Waals surface area contributed by atoms with Crippen LogP contribution < -0.4 is 10.7 Å². The smallest absolute Gasteiger partial charge is 0.425 e. The molecule has 1 amide bonds. The van der Waals surface area contributed by atoms with Crippen LogP contribution in [0.25, 0.3) is 33.4 Å². The molecule has 0 saturated carbocycles. The number of hydrogen-bond acceptors (Lipinski definition) is 21. The fourth-order valence-electron chi connectivity index (χ4n) is 6.75. The molecule has 0 unspecified atom stereocenters. The summed E-state index contributed by atoms with van der Waals surface area (Å²) in [5, 5.41) is 11.4. The van der Waals surface area contributed by atoms with E-state index >= 15 is 0 Å². The average molecular weight is 1160 g/mol. The van der Waals surface area contributed by atoms with E-state index in [1.807, 2.05) is 0 Å². The number of carbonyl (C=O) groups is 2. The van der Waals surface area contributed by atoms with Crippen molar-refractivity contribution in [2.75, 3.05) is 24.2 Å². The maximum absolute atomic E-state index is 14.2. The zero-order valence-corrected chi connectivity index (χ0v) is 41.7. The van der Waals surface area contributed by atoms with E-state index in [0.29, 0.717) is 4.90 Å². The van der Waals surface area contributed by atoms with Gasteiger partial charge in [0.1, 0.15) is 6.54 Å². The van der Waals surface area contributed by atoms with Gasteiger partial charge in [-0.05, 0) is 65.2 Å². The van der Waals surface area contributed by atoms with Crippen LogP contribution in [0.3, 0.4) is 0 Å². The Morgan fingerprint density at radius 1 is 0.630 bits per heavy atom. The molecule has 0 atom stereocenters. The van der Waals surface area contributed by atoms with E-state index < -0.39 is 163 Å².